The van der Waals surface area contributed by atoms with Gasteiger partial charge in [0.15, 0.2) is 5.82 Å². The molecule has 8 heteroatoms. The van der Waals surface area contributed by atoms with Crippen molar-refractivity contribution in [2.45, 2.75) is 6.42 Å². The maximum absolute atomic E-state index is 12.2. The summed E-state index contributed by atoms with van der Waals surface area (Å²) in [7, 11) is 0. The summed E-state index contributed by atoms with van der Waals surface area (Å²) >= 11 is 6.11. The first-order valence-corrected chi connectivity index (χ1v) is 9.27. The van der Waals surface area contributed by atoms with Crippen molar-refractivity contribution in [2.24, 2.45) is 0 Å². The summed E-state index contributed by atoms with van der Waals surface area (Å²) in [5.41, 5.74) is 2.33. The third-order valence-corrected chi connectivity index (χ3v) is 4.51. The van der Waals surface area contributed by atoms with Crippen molar-refractivity contribution < 1.29 is 4.79 Å². The summed E-state index contributed by atoms with van der Waals surface area (Å²) in [6, 6.07) is 18.3. The zero-order valence-electron chi connectivity index (χ0n) is 15.3. The smallest absolute Gasteiger partial charge is 0.228 e. The Labute approximate surface area is 172 Å². The van der Waals surface area contributed by atoms with Gasteiger partial charge in [0.1, 0.15) is 12.1 Å². The number of carbonyl (C=O) groups is 1. The van der Waals surface area contributed by atoms with Gasteiger partial charge in [-0.05, 0) is 42.0 Å². The Kier molecular flexibility index (Phi) is 5.49. The summed E-state index contributed by atoms with van der Waals surface area (Å²) < 4.78 is 1.66. The molecule has 4 aromatic rings. The molecule has 2 N–H and O–H groups in total. The van der Waals surface area contributed by atoms with E-state index in [1.165, 1.54) is 6.33 Å². The lowest BCUT2D eigenvalue weighted by atomic mass is 10.1. The number of nitrogens with one attached hydrogen (secondary N) is 2. The molecule has 0 aliphatic carbocycles. The molecule has 2 aromatic carbocycles. The topological polar surface area (TPSA) is 84.7 Å². The first-order valence-electron chi connectivity index (χ1n) is 8.90. The molecule has 144 valence electrons. The van der Waals surface area contributed by atoms with Crippen LogP contribution in [0, 0.1) is 0 Å². The number of hydrogen-bond donors (Lipinski definition) is 2. The van der Waals surface area contributed by atoms with Crippen LogP contribution in [0.4, 0.5) is 17.2 Å². The van der Waals surface area contributed by atoms with Crippen LogP contribution in [0.3, 0.4) is 0 Å². The Morgan fingerprint density at radius 3 is 2.55 bits per heavy atom. The van der Waals surface area contributed by atoms with E-state index in [9.17, 15) is 4.79 Å². The van der Waals surface area contributed by atoms with Gasteiger partial charge >= 0.3 is 0 Å². The predicted molar refractivity (Wildman–Crippen MR) is 113 cm³/mol. The number of carbonyl (C=O) groups excluding carboxylic acids is 1. The molecule has 2 aromatic heterocycles. The van der Waals surface area contributed by atoms with E-state index in [1.807, 2.05) is 54.7 Å². The van der Waals surface area contributed by atoms with E-state index >= 15 is 0 Å². The molecule has 0 saturated carbocycles. The van der Waals surface area contributed by atoms with Crippen LogP contribution in [0.25, 0.3) is 5.82 Å². The van der Waals surface area contributed by atoms with Gasteiger partial charge in [0, 0.05) is 34.9 Å². The molecule has 0 aliphatic heterocycles. The van der Waals surface area contributed by atoms with Gasteiger partial charge in [-0.1, -0.05) is 29.8 Å². The Morgan fingerprint density at radius 1 is 1.00 bits per heavy atom. The van der Waals surface area contributed by atoms with Crippen LogP contribution < -0.4 is 10.6 Å². The Morgan fingerprint density at radius 2 is 1.79 bits per heavy atom. The Balaban J connectivity index is 1.39. The van der Waals surface area contributed by atoms with Crippen molar-refractivity contribution in [1.82, 2.24) is 19.7 Å². The van der Waals surface area contributed by atoms with Gasteiger partial charge in [-0.3, -0.25) is 4.79 Å². The minimum atomic E-state index is -0.126. The normalized spacial score (nSPS) is 10.5. The van der Waals surface area contributed by atoms with Crippen LogP contribution in [0.1, 0.15) is 5.56 Å². The average Bonchev–Trinajstić information content (AvgIpc) is 3.26. The number of aromatic nitrogens is 4. The zero-order valence-corrected chi connectivity index (χ0v) is 16.0. The molecule has 0 bridgehead atoms. The van der Waals surface area contributed by atoms with E-state index in [-0.39, 0.29) is 12.3 Å². The molecule has 1 amide bonds. The van der Waals surface area contributed by atoms with E-state index in [0.717, 1.165) is 11.3 Å². The highest BCUT2D eigenvalue weighted by Crippen LogP contribution is 2.20. The molecule has 4 rings (SSSR count). The van der Waals surface area contributed by atoms with Gasteiger partial charge in [0.25, 0.3) is 0 Å². The van der Waals surface area contributed by atoms with Crippen LogP contribution in [-0.4, -0.2) is 25.7 Å². The highest BCUT2D eigenvalue weighted by molar-refractivity contribution is 6.31. The lowest BCUT2D eigenvalue weighted by Crippen LogP contribution is -2.14. The molecule has 0 atom stereocenters. The number of hydrogen-bond acceptors (Lipinski definition) is 5. The van der Waals surface area contributed by atoms with E-state index in [0.29, 0.717) is 22.3 Å². The number of benzene rings is 2. The van der Waals surface area contributed by atoms with E-state index in [1.54, 1.807) is 23.0 Å². The minimum absolute atomic E-state index is 0.126. The average molecular weight is 405 g/mol. The lowest BCUT2D eigenvalue weighted by molar-refractivity contribution is -0.115. The summed E-state index contributed by atoms with van der Waals surface area (Å²) in [4.78, 5) is 20.7. The number of amides is 1. The maximum atomic E-state index is 12.2. The van der Waals surface area contributed by atoms with Gasteiger partial charge in [-0.15, -0.1) is 0 Å². The van der Waals surface area contributed by atoms with Crippen LogP contribution in [0.5, 0.6) is 0 Å². The number of anilines is 3. The Bertz CT molecular complexity index is 1110. The fourth-order valence-electron chi connectivity index (χ4n) is 2.75. The summed E-state index contributed by atoms with van der Waals surface area (Å²) in [6.07, 6.45) is 5.19. The highest BCUT2D eigenvalue weighted by atomic mass is 35.5. The molecular weight excluding hydrogens is 388 g/mol. The largest absolute Gasteiger partial charge is 0.340 e. The summed E-state index contributed by atoms with van der Waals surface area (Å²) in [6.45, 7) is 0. The van der Waals surface area contributed by atoms with E-state index in [4.69, 9.17) is 11.6 Å². The summed E-state index contributed by atoms with van der Waals surface area (Å²) in [5, 5.41) is 10.8. The zero-order chi connectivity index (χ0) is 20.1. The highest BCUT2D eigenvalue weighted by Gasteiger charge is 2.07. The third-order valence-electron chi connectivity index (χ3n) is 4.14. The Hall–Kier alpha value is -3.71. The van der Waals surface area contributed by atoms with Crippen molar-refractivity contribution in [2.75, 3.05) is 10.6 Å². The second kappa shape index (κ2) is 8.53. The van der Waals surface area contributed by atoms with Gasteiger partial charge in [0.2, 0.25) is 5.91 Å². The number of halogens is 1. The molecule has 29 heavy (non-hydrogen) atoms. The van der Waals surface area contributed by atoms with Gasteiger partial charge in [0.05, 0.1) is 6.42 Å². The molecule has 7 nitrogen and oxygen atoms in total. The fourth-order valence-corrected chi connectivity index (χ4v) is 2.95. The van der Waals surface area contributed by atoms with Crippen molar-refractivity contribution in [3.8, 4) is 5.82 Å². The van der Waals surface area contributed by atoms with Crippen LogP contribution in [0.15, 0.2) is 79.4 Å². The molecular formula is C21H17ClN6O. The van der Waals surface area contributed by atoms with Crippen molar-refractivity contribution in [1.29, 1.82) is 0 Å². The molecule has 0 saturated heterocycles. The van der Waals surface area contributed by atoms with E-state index < -0.39 is 0 Å². The van der Waals surface area contributed by atoms with Crippen LogP contribution in [0.2, 0.25) is 5.02 Å². The minimum Gasteiger partial charge on any atom is -0.340 e. The van der Waals surface area contributed by atoms with Crippen molar-refractivity contribution in [3.05, 3.63) is 90.0 Å². The second-order valence-electron chi connectivity index (χ2n) is 6.23. The monoisotopic (exact) mass is 404 g/mol. The van der Waals surface area contributed by atoms with Gasteiger partial charge < -0.3 is 10.6 Å². The third kappa shape index (κ3) is 4.77. The molecule has 0 unspecified atom stereocenters. The lowest BCUT2D eigenvalue weighted by Gasteiger charge is -2.09. The van der Waals surface area contributed by atoms with Crippen molar-refractivity contribution >= 4 is 34.7 Å². The summed E-state index contributed by atoms with van der Waals surface area (Å²) in [5.74, 6) is 1.18. The number of rotatable bonds is 6. The number of nitrogens with zero attached hydrogens (tertiary/aromatic N) is 4. The molecule has 0 fully saturated rings. The van der Waals surface area contributed by atoms with Crippen LogP contribution >= 0.6 is 11.6 Å². The molecule has 2 heterocycles. The fraction of sp³-hybridized carbons (Fsp3) is 0.0476. The molecule has 0 spiro atoms. The first-order chi connectivity index (χ1) is 14.2. The van der Waals surface area contributed by atoms with E-state index in [2.05, 4.69) is 25.7 Å². The first kappa shape index (κ1) is 18.6. The van der Waals surface area contributed by atoms with Gasteiger partial charge in [-0.2, -0.15) is 5.10 Å². The second-order valence-corrected chi connectivity index (χ2v) is 6.64. The SMILES string of the molecule is O=C(Cc1ccccc1Cl)Nc1ccc(Nc2cc(-n3cccn3)ncn2)cc1. The predicted octanol–water partition coefficient (Wildman–Crippen LogP) is 4.24. The van der Waals surface area contributed by atoms with Crippen molar-refractivity contribution in [3.63, 3.8) is 0 Å². The molecule has 0 aliphatic rings. The van der Waals surface area contributed by atoms with Crippen LogP contribution in [-0.2, 0) is 11.2 Å². The maximum Gasteiger partial charge on any atom is 0.228 e. The standard InChI is InChI=1S/C21H17ClN6O/c22-18-5-2-1-4-15(18)12-21(29)27-17-8-6-16(7-9-17)26-19-13-20(24-14-23-19)28-11-3-10-25-28/h1-11,13-14H,12H2,(H,27,29)(H,23,24,26). The van der Waals surface area contributed by atoms with Gasteiger partial charge in [-0.25, -0.2) is 14.6 Å². The molecule has 0 radical (unpaired) electrons. The quantitative estimate of drug-likeness (QED) is 0.502.